The fraction of sp³-hybridized carbons (Fsp3) is 0.500. The third-order valence-corrected chi connectivity index (χ3v) is 6.32. The lowest BCUT2D eigenvalue weighted by Crippen LogP contribution is -2.35. The van der Waals surface area contributed by atoms with Crippen molar-refractivity contribution in [3.8, 4) is 0 Å². The molecule has 3 rings (SSSR count). The highest BCUT2D eigenvalue weighted by Gasteiger charge is 2.32. The first-order valence-electron chi connectivity index (χ1n) is 8.37. The molecule has 3 heterocycles. The summed E-state index contributed by atoms with van der Waals surface area (Å²) in [7, 11) is -1.99. The molecule has 11 heteroatoms. The number of rotatable bonds is 3. The summed E-state index contributed by atoms with van der Waals surface area (Å²) in [6.07, 6.45) is -1.63. The second-order valence-electron chi connectivity index (χ2n) is 6.38. The number of alkyl halides is 3. The smallest absolute Gasteiger partial charge is 0.355 e. The number of aromatic nitrogens is 3. The third kappa shape index (κ3) is 4.08. The van der Waals surface area contributed by atoms with Crippen molar-refractivity contribution in [1.29, 1.82) is 0 Å². The van der Waals surface area contributed by atoms with Crippen molar-refractivity contribution in [2.75, 3.05) is 31.1 Å². The molecule has 0 saturated carbocycles. The van der Waals surface area contributed by atoms with Gasteiger partial charge in [0.1, 0.15) is 11.6 Å². The molecule has 27 heavy (non-hydrogen) atoms. The van der Waals surface area contributed by atoms with Gasteiger partial charge in [-0.3, -0.25) is 0 Å². The molecule has 1 aliphatic heterocycles. The van der Waals surface area contributed by atoms with Gasteiger partial charge >= 0.3 is 6.18 Å². The lowest BCUT2D eigenvalue weighted by Gasteiger charge is -2.22. The topological polar surface area (TPSA) is 71.3 Å². The Hall–Kier alpha value is -2.14. The first kappa shape index (κ1) is 19.6. The van der Waals surface area contributed by atoms with Crippen molar-refractivity contribution in [3.63, 3.8) is 0 Å². The number of imidazole rings is 1. The average molecular weight is 403 g/mol. The molecule has 0 N–H and O–H groups in total. The molecule has 0 amide bonds. The summed E-state index contributed by atoms with van der Waals surface area (Å²) in [4.78, 5) is 9.78. The molecule has 1 aliphatic rings. The molecule has 0 aliphatic carbocycles. The van der Waals surface area contributed by atoms with Crippen LogP contribution in [-0.4, -0.2) is 53.4 Å². The van der Waals surface area contributed by atoms with Crippen molar-refractivity contribution in [2.24, 2.45) is 7.05 Å². The van der Waals surface area contributed by atoms with E-state index < -0.39 is 21.8 Å². The third-order valence-electron chi connectivity index (χ3n) is 4.54. The molecule has 0 spiro atoms. The van der Waals surface area contributed by atoms with Crippen molar-refractivity contribution in [2.45, 2.75) is 24.5 Å². The fourth-order valence-electron chi connectivity index (χ4n) is 2.89. The molecular weight excluding hydrogens is 383 g/mol. The van der Waals surface area contributed by atoms with Crippen molar-refractivity contribution in [1.82, 2.24) is 18.8 Å². The number of sulfonamides is 1. The highest BCUT2D eigenvalue weighted by atomic mass is 32.2. The SMILES string of the molecule is Cc1nc(S(=O)(=O)N2CCCN(c3ccc(C(F)(F)F)cn3)CC2)cn1C. The van der Waals surface area contributed by atoms with Gasteiger partial charge in [0, 0.05) is 45.6 Å². The quantitative estimate of drug-likeness (QED) is 0.785. The number of pyridine rings is 1. The minimum Gasteiger partial charge on any atom is -0.355 e. The standard InChI is InChI=1S/C16H20F3N5O2S/c1-12-21-15(11-22(12)2)27(25,26)24-7-3-6-23(8-9-24)14-5-4-13(10-20-14)16(17,18)19/h4-5,10-11H,3,6-9H2,1-2H3. The summed E-state index contributed by atoms with van der Waals surface area (Å²) < 4.78 is 66.6. The summed E-state index contributed by atoms with van der Waals surface area (Å²) in [6.45, 7) is 3.09. The van der Waals surface area contributed by atoms with E-state index in [1.165, 1.54) is 16.6 Å². The molecule has 7 nitrogen and oxygen atoms in total. The van der Waals surface area contributed by atoms with E-state index in [0.29, 0.717) is 37.7 Å². The van der Waals surface area contributed by atoms with E-state index >= 15 is 0 Å². The Bertz CT molecular complexity index is 890. The second-order valence-corrected chi connectivity index (χ2v) is 8.27. The molecule has 0 bridgehead atoms. The zero-order chi connectivity index (χ0) is 19.8. The molecular formula is C16H20F3N5O2S. The lowest BCUT2D eigenvalue weighted by atomic mass is 10.2. The predicted octanol–water partition coefficient (Wildman–Crippen LogP) is 2.04. The van der Waals surface area contributed by atoms with Gasteiger partial charge < -0.3 is 9.47 Å². The largest absolute Gasteiger partial charge is 0.417 e. The monoisotopic (exact) mass is 403 g/mol. The van der Waals surface area contributed by atoms with Gasteiger partial charge in [0.2, 0.25) is 0 Å². The number of anilines is 1. The number of nitrogens with zero attached hydrogens (tertiary/aromatic N) is 5. The van der Waals surface area contributed by atoms with Crippen molar-refractivity contribution < 1.29 is 21.6 Å². The Morgan fingerprint density at radius 2 is 1.85 bits per heavy atom. The van der Waals surface area contributed by atoms with Crippen LogP contribution in [0.25, 0.3) is 0 Å². The van der Waals surface area contributed by atoms with E-state index in [-0.39, 0.29) is 11.6 Å². The fourth-order valence-corrected chi connectivity index (χ4v) is 4.38. The van der Waals surface area contributed by atoms with Crippen LogP contribution >= 0.6 is 0 Å². The molecule has 2 aromatic heterocycles. The molecule has 0 aromatic carbocycles. The van der Waals surface area contributed by atoms with Crippen LogP contribution in [0.5, 0.6) is 0 Å². The van der Waals surface area contributed by atoms with E-state index in [2.05, 4.69) is 9.97 Å². The number of aryl methyl sites for hydroxylation is 2. The highest BCUT2D eigenvalue weighted by molar-refractivity contribution is 7.89. The van der Waals surface area contributed by atoms with Gasteiger partial charge in [-0.1, -0.05) is 0 Å². The summed E-state index contributed by atoms with van der Waals surface area (Å²) >= 11 is 0. The molecule has 2 aromatic rings. The molecule has 0 atom stereocenters. The maximum absolute atomic E-state index is 12.8. The zero-order valence-corrected chi connectivity index (χ0v) is 15.8. The van der Waals surface area contributed by atoms with Crippen LogP contribution in [0.4, 0.5) is 19.0 Å². The van der Waals surface area contributed by atoms with Crippen molar-refractivity contribution >= 4 is 15.8 Å². The Morgan fingerprint density at radius 3 is 2.41 bits per heavy atom. The molecule has 0 radical (unpaired) electrons. The Kier molecular flexibility index (Phi) is 5.17. The minimum atomic E-state index is -4.43. The van der Waals surface area contributed by atoms with Gasteiger partial charge in [0.25, 0.3) is 10.0 Å². The van der Waals surface area contributed by atoms with Crippen LogP contribution in [0.15, 0.2) is 29.6 Å². The minimum absolute atomic E-state index is 0.00334. The van der Waals surface area contributed by atoms with Crippen LogP contribution in [0, 0.1) is 6.92 Å². The maximum Gasteiger partial charge on any atom is 0.417 e. The molecule has 148 valence electrons. The van der Waals surface area contributed by atoms with Crippen molar-refractivity contribution in [3.05, 3.63) is 35.9 Å². The van der Waals surface area contributed by atoms with Crippen LogP contribution in [0.1, 0.15) is 17.8 Å². The van der Waals surface area contributed by atoms with Gasteiger partial charge in [-0.2, -0.15) is 17.5 Å². The van der Waals surface area contributed by atoms with Crippen LogP contribution in [-0.2, 0) is 23.2 Å². The Labute approximate surface area is 155 Å². The summed E-state index contributed by atoms with van der Waals surface area (Å²) in [6, 6.07) is 2.30. The van der Waals surface area contributed by atoms with E-state index in [0.717, 1.165) is 12.3 Å². The molecule has 1 saturated heterocycles. The molecule has 1 fully saturated rings. The predicted molar refractivity (Wildman–Crippen MR) is 92.8 cm³/mol. The first-order valence-corrected chi connectivity index (χ1v) is 9.81. The Balaban J connectivity index is 1.73. The van der Waals surface area contributed by atoms with Gasteiger partial charge in [0.05, 0.1) is 5.56 Å². The van der Waals surface area contributed by atoms with E-state index in [9.17, 15) is 21.6 Å². The molecule has 0 unspecified atom stereocenters. The lowest BCUT2D eigenvalue weighted by molar-refractivity contribution is -0.137. The number of hydrogen-bond acceptors (Lipinski definition) is 5. The van der Waals surface area contributed by atoms with Crippen LogP contribution in [0.3, 0.4) is 0 Å². The van der Waals surface area contributed by atoms with Gasteiger partial charge in [-0.25, -0.2) is 18.4 Å². The van der Waals surface area contributed by atoms with Gasteiger partial charge in [-0.05, 0) is 25.5 Å². The van der Waals surface area contributed by atoms with Crippen LogP contribution < -0.4 is 4.90 Å². The van der Waals surface area contributed by atoms with Gasteiger partial charge in [0.15, 0.2) is 5.03 Å². The number of hydrogen-bond donors (Lipinski definition) is 0. The summed E-state index contributed by atoms with van der Waals surface area (Å²) in [5, 5.41) is 0.00334. The van der Waals surface area contributed by atoms with Gasteiger partial charge in [-0.15, -0.1) is 0 Å². The summed E-state index contributed by atoms with van der Waals surface area (Å²) in [5.74, 6) is 0.995. The first-order chi connectivity index (χ1) is 12.6. The zero-order valence-electron chi connectivity index (χ0n) is 14.9. The van der Waals surface area contributed by atoms with E-state index in [1.807, 2.05) is 0 Å². The summed E-state index contributed by atoms with van der Waals surface area (Å²) in [5.41, 5.74) is -0.809. The Morgan fingerprint density at radius 1 is 1.11 bits per heavy atom. The second kappa shape index (κ2) is 7.12. The normalized spacial score (nSPS) is 17.1. The van der Waals surface area contributed by atoms with Crippen LogP contribution in [0.2, 0.25) is 0 Å². The number of halogens is 3. The highest BCUT2D eigenvalue weighted by Crippen LogP contribution is 2.29. The maximum atomic E-state index is 12.8. The van der Waals surface area contributed by atoms with E-state index in [1.54, 1.807) is 23.4 Å². The van der Waals surface area contributed by atoms with E-state index in [4.69, 9.17) is 0 Å². The average Bonchev–Trinajstić information content (AvgIpc) is 2.82.